The molecule has 5 rings (SSSR count). The van der Waals surface area contributed by atoms with Gasteiger partial charge in [-0.2, -0.15) is 0 Å². The minimum Gasteiger partial charge on any atom is -0.366 e. The Bertz CT molecular complexity index is 1060. The number of benzene rings is 2. The van der Waals surface area contributed by atoms with Crippen LogP contribution in [0.3, 0.4) is 0 Å². The second kappa shape index (κ2) is 6.75. The van der Waals surface area contributed by atoms with Crippen LogP contribution in [0.15, 0.2) is 53.6 Å². The van der Waals surface area contributed by atoms with E-state index in [1.54, 1.807) is 0 Å². The maximum atomic E-state index is 2.52. The van der Waals surface area contributed by atoms with Crippen molar-refractivity contribution in [3.8, 4) is 0 Å². The van der Waals surface area contributed by atoms with Crippen molar-refractivity contribution in [3.05, 3.63) is 59.4 Å². The first-order valence-electron chi connectivity index (χ1n) is 10.0. The lowest BCUT2D eigenvalue weighted by Gasteiger charge is -2.15. The predicted molar refractivity (Wildman–Crippen MR) is 116 cm³/mol. The number of hydrogen-bond donors (Lipinski definition) is 0. The summed E-state index contributed by atoms with van der Waals surface area (Å²) in [6.07, 6.45) is 5.85. The molecule has 2 aliphatic heterocycles. The molecule has 2 aromatic carbocycles. The first-order valence-corrected chi connectivity index (χ1v) is 11.0. The monoisotopic (exact) mass is 376 g/mol. The van der Waals surface area contributed by atoms with E-state index in [0.29, 0.717) is 0 Å². The van der Waals surface area contributed by atoms with Crippen molar-refractivity contribution in [1.82, 2.24) is 9.47 Å². The fraction of sp³-hybridized carbons (Fsp3) is 0.348. The molecule has 0 radical (unpaired) electrons. The van der Waals surface area contributed by atoms with Crippen LogP contribution in [0.1, 0.15) is 26.1 Å². The van der Waals surface area contributed by atoms with Gasteiger partial charge in [-0.05, 0) is 48.9 Å². The van der Waals surface area contributed by atoms with E-state index < -0.39 is 0 Å². The smallest absolute Gasteiger partial charge is 0.285 e. The number of thioether (sulfide) groups is 1. The summed E-state index contributed by atoms with van der Waals surface area (Å²) in [5.41, 5.74) is 4.19. The quantitative estimate of drug-likeness (QED) is 0.609. The van der Waals surface area contributed by atoms with Gasteiger partial charge < -0.3 is 4.90 Å². The summed E-state index contributed by atoms with van der Waals surface area (Å²) in [6, 6.07) is 13.4. The molecule has 0 unspecified atom stereocenters. The summed E-state index contributed by atoms with van der Waals surface area (Å²) in [5, 5.41) is 4.08. The molecule has 0 amide bonds. The van der Waals surface area contributed by atoms with E-state index in [0.717, 1.165) is 26.1 Å². The molecule has 3 heterocycles. The predicted octanol–water partition coefficient (Wildman–Crippen LogP) is 4.80. The zero-order chi connectivity index (χ0) is 18.4. The Morgan fingerprint density at radius 2 is 1.89 bits per heavy atom. The van der Waals surface area contributed by atoms with Crippen LogP contribution in [0.5, 0.6) is 0 Å². The molecule has 3 nitrogen and oxygen atoms in total. The van der Waals surface area contributed by atoms with E-state index in [-0.39, 0.29) is 0 Å². The van der Waals surface area contributed by atoms with Crippen LogP contribution >= 0.6 is 11.8 Å². The Labute approximate surface area is 165 Å². The number of fused-ring (bicyclic) bond motifs is 4. The number of imidazole rings is 1. The SMILES string of the molecule is CCN1CCSC1=CC=C1CCn2c1[n+](CC)c1cc3ccccc3cc12. The highest BCUT2D eigenvalue weighted by Gasteiger charge is 2.32. The molecule has 0 N–H and O–H groups in total. The van der Waals surface area contributed by atoms with Crippen LogP contribution in [0.4, 0.5) is 0 Å². The first-order chi connectivity index (χ1) is 13.3. The second-order valence-electron chi connectivity index (χ2n) is 7.28. The van der Waals surface area contributed by atoms with Gasteiger partial charge in [-0.15, -0.1) is 11.8 Å². The van der Waals surface area contributed by atoms with E-state index in [1.165, 1.54) is 50.5 Å². The van der Waals surface area contributed by atoms with Crippen LogP contribution < -0.4 is 4.57 Å². The van der Waals surface area contributed by atoms with Crippen LogP contribution in [-0.2, 0) is 13.1 Å². The van der Waals surface area contributed by atoms with Crippen molar-refractivity contribution >= 4 is 39.1 Å². The van der Waals surface area contributed by atoms with E-state index in [9.17, 15) is 0 Å². The van der Waals surface area contributed by atoms with Gasteiger partial charge in [0.25, 0.3) is 5.82 Å². The highest BCUT2D eigenvalue weighted by Crippen LogP contribution is 2.33. The first kappa shape index (κ1) is 16.9. The topological polar surface area (TPSA) is 12.1 Å². The van der Waals surface area contributed by atoms with Gasteiger partial charge in [0.1, 0.15) is 0 Å². The van der Waals surface area contributed by atoms with E-state index in [2.05, 4.69) is 76.4 Å². The number of aromatic nitrogens is 2. The molecule has 3 aromatic rings. The van der Waals surface area contributed by atoms with Crippen molar-refractivity contribution < 1.29 is 4.57 Å². The van der Waals surface area contributed by atoms with Crippen molar-refractivity contribution in [3.63, 3.8) is 0 Å². The Balaban J connectivity index is 1.66. The Morgan fingerprint density at radius 3 is 2.67 bits per heavy atom. The molecule has 0 atom stereocenters. The molecular weight excluding hydrogens is 350 g/mol. The molecule has 2 aliphatic rings. The molecule has 138 valence electrons. The summed E-state index contributed by atoms with van der Waals surface area (Å²) in [5.74, 6) is 2.61. The molecule has 0 spiro atoms. The van der Waals surface area contributed by atoms with Gasteiger partial charge in [-0.1, -0.05) is 24.3 Å². The van der Waals surface area contributed by atoms with Gasteiger partial charge in [0, 0.05) is 30.8 Å². The second-order valence-corrected chi connectivity index (χ2v) is 8.40. The summed E-state index contributed by atoms with van der Waals surface area (Å²) in [7, 11) is 0. The Morgan fingerprint density at radius 1 is 1.07 bits per heavy atom. The molecule has 1 aromatic heterocycles. The fourth-order valence-corrected chi connectivity index (χ4v) is 5.61. The Kier molecular flexibility index (Phi) is 4.24. The van der Waals surface area contributed by atoms with Crippen molar-refractivity contribution in [1.29, 1.82) is 0 Å². The lowest BCUT2D eigenvalue weighted by Crippen LogP contribution is -2.35. The summed E-state index contributed by atoms with van der Waals surface area (Å²) >= 11 is 1.99. The van der Waals surface area contributed by atoms with Crippen molar-refractivity contribution in [2.45, 2.75) is 33.4 Å². The minimum absolute atomic E-state index is 1.00. The van der Waals surface area contributed by atoms with Crippen LogP contribution in [0, 0.1) is 0 Å². The maximum Gasteiger partial charge on any atom is 0.285 e. The molecule has 0 bridgehead atoms. The third kappa shape index (κ3) is 2.69. The van der Waals surface area contributed by atoms with Crippen LogP contribution in [0.25, 0.3) is 27.4 Å². The average molecular weight is 377 g/mol. The van der Waals surface area contributed by atoms with Gasteiger partial charge in [0.15, 0.2) is 11.0 Å². The number of hydrogen-bond acceptors (Lipinski definition) is 2. The van der Waals surface area contributed by atoms with Gasteiger partial charge >= 0.3 is 0 Å². The van der Waals surface area contributed by atoms with E-state index in [1.807, 2.05) is 11.8 Å². The number of nitrogens with zero attached hydrogens (tertiary/aromatic N) is 3. The van der Waals surface area contributed by atoms with Crippen LogP contribution in [-0.4, -0.2) is 28.3 Å². The molecule has 27 heavy (non-hydrogen) atoms. The fourth-order valence-electron chi connectivity index (χ4n) is 4.52. The standard InChI is InChI=1S/C23H26N3S/c1-3-24-13-14-27-22(24)10-9-17-11-12-26-21-16-19-8-6-5-7-18(19)15-20(21)25(4-2)23(17)26/h5-10,15-16H,3-4,11-14H2,1-2H3/q+1. The average Bonchev–Trinajstić information content (AvgIpc) is 3.39. The van der Waals surface area contributed by atoms with Crippen LogP contribution in [0.2, 0.25) is 0 Å². The molecule has 0 aliphatic carbocycles. The number of aryl methyl sites for hydroxylation is 2. The molecule has 1 fully saturated rings. The molecule has 1 saturated heterocycles. The third-order valence-electron chi connectivity index (χ3n) is 5.88. The van der Waals surface area contributed by atoms with Gasteiger partial charge in [-0.25, -0.2) is 9.13 Å². The van der Waals surface area contributed by atoms with Gasteiger partial charge in [0.2, 0.25) is 0 Å². The molecule has 0 saturated carbocycles. The summed E-state index contributed by atoms with van der Waals surface area (Å²) in [4.78, 5) is 2.48. The maximum absolute atomic E-state index is 2.52. The van der Waals surface area contributed by atoms with E-state index >= 15 is 0 Å². The largest absolute Gasteiger partial charge is 0.366 e. The highest BCUT2D eigenvalue weighted by molar-refractivity contribution is 8.03. The van der Waals surface area contributed by atoms with Gasteiger partial charge in [-0.3, -0.25) is 0 Å². The molecular formula is C23H26N3S+. The molecule has 4 heteroatoms. The van der Waals surface area contributed by atoms with Gasteiger partial charge in [0.05, 0.1) is 18.1 Å². The number of allylic oxidation sites excluding steroid dienone is 3. The normalized spacial score (nSPS) is 19.9. The van der Waals surface area contributed by atoms with Crippen molar-refractivity contribution in [2.24, 2.45) is 0 Å². The van der Waals surface area contributed by atoms with Crippen molar-refractivity contribution in [2.75, 3.05) is 18.8 Å². The minimum atomic E-state index is 1.00. The van der Waals surface area contributed by atoms with E-state index in [4.69, 9.17) is 0 Å². The third-order valence-corrected chi connectivity index (χ3v) is 6.95. The highest BCUT2D eigenvalue weighted by atomic mass is 32.2. The number of rotatable bonds is 3. The lowest BCUT2D eigenvalue weighted by atomic mass is 10.1. The zero-order valence-corrected chi connectivity index (χ0v) is 16.9. The Hall–Kier alpha value is -2.20. The summed E-state index contributed by atoms with van der Waals surface area (Å²) < 4.78 is 5.02. The zero-order valence-electron chi connectivity index (χ0n) is 16.1. The summed E-state index contributed by atoms with van der Waals surface area (Å²) in [6.45, 7) is 8.87. The lowest BCUT2D eigenvalue weighted by molar-refractivity contribution is -0.670.